The van der Waals surface area contributed by atoms with E-state index in [4.69, 9.17) is 32.7 Å². The van der Waals surface area contributed by atoms with Crippen LogP contribution in [0, 0.1) is 0 Å². The number of ether oxygens (including phenoxy) is 2. The van der Waals surface area contributed by atoms with Gasteiger partial charge in [-0.1, -0.05) is 35.9 Å². The molecule has 0 spiro atoms. The average molecular weight is 323 g/mol. The van der Waals surface area contributed by atoms with Crippen LogP contribution in [0.4, 0.5) is 0 Å². The molecule has 1 atom stereocenters. The molecule has 0 aromatic heterocycles. The van der Waals surface area contributed by atoms with Gasteiger partial charge in [-0.3, -0.25) is 0 Å². The van der Waals surface area contributed by atoms with Crippen molar-refractivity contribution in [3.8, 4) is 11.5 Å². The molecule has 0 aliphatic heterocycles. The molecule has 2 nitrogen and oxygen atoms in total. The van der Waals surface area contributed by atoms with E-state index in [1.165, 1.54) is 11.1 Å². The summed E-state index contributed by atoms with van der Waals surface area (Å²) in [7, 11) is 1.61. The number of fused-ring (bicyclic) bond motifs is 1. The lowest BCUT2D eigenvalue weighted by Gasteiger charge is -2.30. The second-order valence-corrected chi connectivity index (χ2v) is 5.83. The van der Waals surface area contributed by atoms with Crippen LogP contribution in [0.15, 0.2) is 36.4 Å². The van der Waals surface area contributed by atoms with Crippen molar-refractivity contribution < 1.29 is 9.47 Å². The van der Waals surface area contributed by atoms with Crippen molar-refractivity contribution in [2.45, 2.75) is 18.2 Å². The fraction of sp³-hybridized carbons (Fsp3) is 0.294. The summed E-state index contributed by atoms with van der Waals surface area (Å²) in [4.78, 5) is 0. The number of rotatable bonds is 5. The van der Waals surface area contributed by atoms with Gasteiger partial charge >= 0.3 is 0 Å². The Hall–Kier alpha value is -1.38. The van der Waals surface area contributed by atoms with Gasteiger partial charge in [-0.15, -0.1) is 11.6 Å². The molecule has 2 aromatic rings. The minimum absolute atomic E-state index is 0.395. The molecule has 1 aliphatic rings. The molecule has 2 aromatic carbocycles. The fourth-order valence-corrected chi connectivity index (χ4v) is 3.13. The highest BCUT2D eigenvalue weighted by Gasteiger charge is 2.26. The van der Waals surface area contributed by atoms with Crippen molar-refractivity contribution in [3.63, 3.8) is 0 Å². The number of benzene rings is 2. The Morgan fingerprint density at radius 1 is 1.24 bits per heavy atom. The smallest absolute Gasteiger partial charge is 0.179 e. The molecule has 110 valence electrons. The second-order valence-electron chi connectivity index (χ2n) is 5.15. The third-order valence-corrected chi connectivity index (χ3v) is 4.42. The molecule has 0 heterocycles. The van der Waals surface area contributed by atoms with Crippen LogP contribution in [0.25, 0.3) is 0 Å². The number of halogens is 2. The van der Waals surface area contributed by atoms with E-state index in [1.807, 2.05) is 12.1 Å². The van der Waals surface area contributed by atoms with Crippen molar-refractivity contribution in [2.75, 3.05) is 13.7 Å². The van der Waals surface area contributed by atoms with E-state index < -0.39 is 0 Å². The summed E-state index contributed by atoms with van der Waals surface area (Å²) >= 11 is 12.1. The predicted molar refractivity (Wildman–Crippen MR) is 85.9 cm³/mol. The molecule has 21 heavy (non-hydrogen) atoms. The standard InChI is InChI=1S/C17H16Cl2O2/c1-20-16-7-11(9-18)6-15(19)17(16)21-10-13-8-12-4-2-3-5-14(12)13/h2-7,13H,8-10H2,1H3. The average Bonchev–Trinajstić information content (AvgIpc) is 2.48. The monoisotopic (exact) mass is 322 g/mol. The van der Waals surface area contributed by atoms with Crippen LogP contribution in [-0.2, 0) is 12.3 Å². The summed E-state index contributed by atoms with van der Waals surface area (Å²) < 4.78 is 11.3. The van der Waals surface area contributed by atoms with E-state index in [0.717, 1.165) is 12.0 Å². The fourth-order valence-electron chi connectivity index (χ4n) is 2.69. The zero-order valence-electron chi connectivity index (χ0n) is 11.7. The largest absolute Gasteiger partial charge is 0.493 e. The molecule has 0 saturated heterocycles. The lowest BCUT2D eigenvalue weighted by Crippen LogP contribution is -2.23. The van der Waals surface area contributed by atoms with Gasteiger partial charge in [-0.25, -0.2) is 0 Å². The Balaban J connectivity index is 1.74. The van der Waals surface area contributed by atoms with E-state index >= 15 is 0 Å². The molecule has 1 aliphatic carbocycles. The van der Waals surface area contributed by atoms with Crippen molar-refractivity contribution in [1.82, 2.24) is 0 Å². The van der Waals surface area contributed by atoms with Crippen molar-refractivity contribution in [2.24, 2.45) is 0 Å². The third-order valence-electron chi connectivity index (χ3n) is 3.83. The van der Waals surface area contributed by atoms with E-state index in [9.17, 15) is 0 Å². The first-order valence-electron chi connectivity index (χ1n) is 6.86. The molecular weight excluding hydrogens is 307 g/mol. The summed E-state index contributed by atoms with van der Waals surface area (Å²) in [6.07, 6.45) is 1.05. The Bertz CT molecular complexity index is 655. The minimum atomic E-state index is 0.395. The van der Waals surface area contributed by atoms with Gasteiger partial charge in [0.25, 0.3) is 0 Å². The number of hydrogen-bond donors (Lipinski definition) is 0. The highest BCUT2D eigenvalue weighted by Crippen LogP contribution is 2.40. The first-order valence-corrected chi connectivity index (χ1v) is 7.77. The maximum Gasteiger partial charge on any atom is 0.179 e. The van der Waals surface area contributed by atoms with E-state index in [0.29, 0.717) is 34.9 Å². The molecule has 1 unspecified atom stereocenters. The van der Waals surface area contributed by atoms with Crippen LogP contribution >= 0.6 is 23.2 Å². The van der Waals surface area contributed by atoms with Crippen LogP contribution in [0.3, 0.4) is 0 Å². The van der Waals surface area contributed by atoms with Crippen LogP contribution in [0.5, 0.6) is 11.5 Å². The molecule has 4 heteroatoms. The van der Waals surface area contributed by atoms with Crippen molar-refractivity contribution in [3.05, 3.63) is 58.1 Å². The molecular formula is C17H16Cl2O2. The van der Waals surface area contributed by atoms with E-state index in [-0.39, 0.29) is 0 Å². The summed E-state index contributed by atoms with van der Waals surface area (Å²) in [6.45, 7) is 0.604. The van der Waals surface area contributed by atoms with Crippen LogP contribution < -0.4 is 9.47 Å². The van der Waals surface area contributed by atoms with Gasteiger partial charge in [0.1, 0.15) is 0 Å². The Kier molecular flexibility index (Phi) is 4.27. The Morgan fingerprint density at radius 3 is 2.76 bits per heavy atom. The van der Waals surface area contributed by atoms with Gasteiger partial charge in [0.15, 0.2) is 11.5 Å². The lowest BCUT2D eigenvalue weighted by atomic mass is 9.78. The van der Waals surface area contributed by atoms with Crippen molar-refractivity contribution >= 4 is 23.2 Å². The highest BCUT2D eigenvalue weighted by atomic mass is 35.5. The first-order chi connectivity index (χ1) is 10.2. The van der Waals surface area contributed by atoms with Crippen molar-refractivity contribution in [1.29, 1.82) is 0 Å². The number of methoxy groups -OCH3 is 1. The molecule has 0 amide bonds. The van der Waals surface area contributed by atoms with Crippen LogP contribution in [-0.4, -0.2) is 13.7 Å². The molecule has 3 rings (SSSR count). The lowest BCUT2D eigenvalue weighted by molar-refractivity contribution is 0.261. The Labute approximate surface area is 134 Å². The zero-order valence-corrected chi connectivity index (χ0v) is 13.2. The molecule has 0 radical (unpaired) electrons. The van der Waals surface area contributed by atoms with Gasteiger partial charge < -0.3 is 9.47 Å². The van der Waals surface area contributed by atoms with E-state index in [2.05, 4.69) is 24.3 Å². The number of hydrogen-bond acceptors (Lipinski definition) is 2. The maximum atomic E-state index is 6.27. The SMILES string of the molecule is COc1cc(CCl)cc(Cl)c1OCC1Cc2ccccc21. The second kappa shape index (κ2) is 6.17. The number of alkyl halides is 1. The van der Waals surface area contributed by atoms with E-state index in [1.54, 1.807) is 7.11 Å². The quantitative estimate of drug-likeness (QED) is 0.736. The third kappa shape index (κ3) is 2.83. The Morgan fingerprint density at radius 2 is 2.05 bits per heavy atom. The summed E-state index contributed by atoms with van der Waals surface area (Å²) in [5, 5.41) is 0.539. The van der Waals surface area contributed by atoms with Gasteiger partial charge in [-0.05, 0) is 35.2 Å². The topological polar surface area (TPSA) is 18.5 Å². The van der Waals surface area contributed by atoms with Gasteiger partial charge in [-0.2, -0.15) is 0 Å². The molecule has 0 bridgehead atoms. The minimum Gasteiger partial charge on any atom is -0.493 e. The normalized spacial score (nSPS) is 16.0. The molecule has 0 fully saturated rings. The van der Waals surface area contributed by atoms with Gasteiger partial charge in [0, 0.05) is 11.8 Å². The first kappa shape index (κ1) is 14.6. The van der Waals surface area contributed by atoms with Gasteiger partial charge in [0.2, 0.25) is 0 Å². The summed E-state index contributed by atoms with van der Waals surface area (Å²) in [5.41, 5.74) is 3.69. The zero-order chi connectivity index (χ0) is 14.8. The van der Waals surface area contributed by atoms with Crippen LogP contribution in [0.1, 0.15) is 22.6 Å². The van der Waals surface area contributed by atoms with Gasteiger partial charge in [0.05, 0.1) is 18.7 Å². The molecule has 0 saturated carbocycles. The highest BCUT2D eigenvalue weighted by molar-refractivity contribution is 6.32. The maximum absolute atomic E-state index is 6.27. The summed E-state index contributed by atoms with van der Waals surface area (Å²) in [6, 6.07) is 12.1. The predicted octanol–water partition coefficient (Wildman–Crippen LogP) is 4.81. The summed E-state index contributed by atoms with van der Waals surface area (Å²) in [5.74, 6) is 2.05. The molecule has 0 N–H and O–H groups in total. The van der Waals surface area contributed by atoms with Crippen LogP contribution in [0.2, 0.25) is 5.02 Å².